The summed E-state index contributed by atoms with van der Waals surface area (Å²) in [6.45, 7) is -0.175. The molecule has 3 saturated carbocycles. The largest absolute Gasteiger partial charge is 0.478 e. The van der Waals surface area contributed by atoms with Crippen LogP contribution in [0, 0.1) is 11.3 Å². The minimum atomic E-state index is -1.05. The fourth-order valence-corrected chi connectivity index (χ4v) is 6.71. The van der Waals surface area contributed by atoms with Crippen LogP contribution >= 0.6 is 0 Å². The summed E-state index contributed by atoms with van der Waals surface area (Å²) < 4.78 is 0. The van der Waals surface area contributed by atoms with E-state index in [1.807, 2.05) is 0 Å². The van der Waals surface area contributed by atoms with Gasteiger partial charge in [0.15, 0.2) is 0 Å². The zero-order chi connectivity index (χ0) is 30.6. The molecular formula is C37H66O5. The maximum atomic E-state index is 10.9. The van der Waals surface area contributed by atoms with Crippen LogP contribution in [0.2, 0.25) is 0 Å². The van der Waals surface area contributed by atoms with Gasteiger partial charge in [0.1, 0.15) is 0 Å². The van der Waals surface area contributed by atoms with E-state index in [0.29, 0.717) is 6.42 Å². The van der Waals surface area contributed by atoms with Crippen molar-refractivity contribution in [2.75, 3.05) is 6.61 Å². The van der Waals surface area contributed by atoms with Gasteiger partial charge in [-0.25, -0.2) is 9.59 Å². The minimum absolute atomic E-state index is 0.165. The number of carboxylic acid groups (broad SMARTS) is 2. The molecule has 0 aromatic heterocycles. The molecule has 3 fully saturated rings. The van der Waals surface area contributed by atoms with Crippen molar-refractivity contribution in [1.82, 2.24) is 0 Å². The number of carbonyl (C=O) groups is 2. The van der Waals surface area contributed by atoms with Crippen molar-refractivity contribution in [1.29, 1.82) is 0 Å². The fourth-order valence-electron chi connectivity index (χ4n) is 6.71. The molecule has 0 aromatic rings. The number of rotatable bonds is 5. The van der Waals surface area contributed by atoms with E-state index >= 15 is 0 Å². The van der Waals surface area contributed by atoms with Crippen LogP contribution in [-0.2, 0) is 9.59 Å². The van der Waals surface area contributed by atoms with E-state index in [0.717, 1.165) is 50.7 Å². The van der Waals surface area contributed by atoms with Crippen LogP contribution in [0.3, 0.4) is 0 Å². The Hall–Kier alpha value is -1.62. The van der Waals surface area contributed by atoms with Gasteiger partial charge < -0.3 is 15.3 Å². The predicted octanol–water partition coefficient (Wildman–Crippen LogP) is 10.8. The number of hydrogen-bond donors (Lipinski definition) is 3. The van der Waals surface area contributed by atoms with Crippen LogP contribution < -0.4 is 0 Å². The molecule has 3 N–H and O–H groups in total. The van der Waals surface area contributed by atoms with Crippen LogP contribution in [0.25, 0.3) is 0 Å². The number of allylic oxidation sites excluding steroid dienone is 1. The standard InChI is InChI=1S/C17H26O5.2C10H20/c18-13-17(12-10-16(21)22)11-6-4-2-1-3-5-7-14(17)8-9-15(19)20;2*1-2-4-6-8-10-9-7-5-3-1/h8-10,12,14,18H,1-7,11,13H2,(H,19,20)(H,21,22);2*1-10H2. The summed E-state index contributed by atoms with van der Waals surface area (Å²) in [6.07, 6.45) is 43.1. The Morgan fingerprint density at radius 2 is 0.810 bits per heavy atom. The molecule has 0 aromatic carbocycles. The van der Waals surface area contributed by atoms with Crippen LogP contribution in [0.5, 0.6) is 0 Å². The first-order valence-electron chi connectivity index (χ1n) is 17.9. The molecule has 0 saturated heterocycles. The second-order valence-electron chi connectivity index (χ2n) is 13.1. The molecule has 42 heavy (non-hydrogen) atoms. The highest BCUT2D eigenvalue weighted by molar-refractivity contribution is 5.80. The average Bonchev–Trinajstić information content (AvgIpc) is 3.00. The van der Waals surface area contributed by atoms with Gasteiger partial charge >= 0.3 is 11.9 Å². The van der Waals surface area contributed by atoms with Gasteiger partial charge in [-0.2, -0.15) is 0 Å². The smallest absolute Gasteiger partial charge is 0.327 e. The van der Waals surface area contributed by atoms with Crippen LogP contribution in [0.4, 0.5) is 0 Å². The van der Waals surface area contributed by atoms with Crippen molar-refractivity contribution in [3.63, 3.8) is 0 Å². The Labute approximate surface area is 258 Å². The van der Waals surface area contributed by atoms with Gasteiger partial charge in [0.25, 0.3) is 0 Å². The van der Waals surface area contributed by atoms with E-state index in [-0.39, 0.29) is 12.5 Å². The fraction of sp³-hybridized carbons (Fsp3) is 0.838. The van der Waals surface area contributed by atoms with E-state index in [4.69, 9.17) is 10.2 Å². The first-order chi connectivity index (χ1) is 20.5. The molecule has 0 heterocycles. The van der Waals surface area contributed by atoms with E-state index in [1.165, 1.54) is 135 Å². The van der Waals surface area contributed by atoms with Gasteiger partial charge in [-0.15, -0.1) is 0 Å². The molecule has 0 radical (unpaired) electrons. The SMILES string of the molecule is C1CCCCCCCCC1.C1CCCCCCCCC1.O=C(O)C=CC1CCCCCCCCC1(C=CC(=O)O)CO. The Morgan fingerprint density at radius 1 is 0.500 bits per heavy atom. The zero-order valence-corrected chi connectivity index (χ0v) is 27.1. The maximum absolute atomic E-state index is 10.9. The maximum Gasteiger partial charge on any atom is 0.327 e. The number of aliphatic carboxylic acids is 2. The zero-order valence-electron chi connectivity index (χ0n) is 27.1. The van der Waals surface area contributed by atoms with Crippen LogP contribution in [-0.4, -0.2) is 33.9 Å². The lowest BCUT2D eigenvalue weighted by Crippen LogP contribution is -2.32. The van der Waals surface area contributed by atoms with E-state index in [2.05, 4.69) is 0 Å². The van der Waals surface area contributed by atoms with Crippen molar-refractivity contribution >= 4 is 11.9 Å². The molecule has 0 amide bonds. The van der Waals surface area contributed by atoms with Crippen molar-refractivity contribution in [3.05, 3.63) is 24.3 Å². The molecule has 3 aliphatic rings. The molecule has 2 unspecified atom stereocenters. The van der Waals surface area contributed by atoms with Crippen molar-refractivity contribution in [3.8, 4) is 0 Å². The lowest BCUT2D eigenvalue weighted by atomic mass is 9.69. The molecular weight excluding hydrogens is 524 g/mol. The molecule has 5 heteroatoms. The van der Waals surface area contributed by atoms with E-state index in [9.17, 15) is 14.7 Å². The summed E-state index contributed by atoms with van der Waals surface area (Å²) in [5, 5.41) is 27.7. The van der Waals surface area contributed by atoms with Gasteiger partial charge in [-0.3, -0.25) is 0 Å². The Kier molecular flexibility index (Phi) is 24.7. The minimum Gasteiger partial charge on any atom is -0.478 e. The number of aliphatic hydroxyl groups excluding tert-OH is 1. The lowest BCUT2D eigenvalue weighted by Gasteiger charge is -2.36. The summed E-state index contributed by atoms with van der Waals surface area (Å²) in [5.74, 6) is -2.24. The Balaban J connectivity index is 0.000000362. The third-order valence-electron chi connectivity index (χ3n) is 9.47. The Morgan fingerprint density at radius 3 is 1.12 bits per heavy atom. The van der Waals surface area contributed by atoms with Crippen LogP contribution in [0.1, 0.15) is 180 Å². The lowest BCUT2D eigenvalue weighted by molar-refractivity contribution is -0.132. The molecule has 244 valence electrons. The number of carboxylic acids is 2. The summed E-state index contributed by atoms with van der Waals surface area (Å²) in [6, 6.07) is 0. The molecule has 5 nitrogen and oxygen atoms in total. The number of aliphatic hydroxyl groups is 1. The average molecular weight is 591 g/mol. The van der Waals surface area contributed by atoms with Gasteiger partial charge in [0.05, 0.1) is 6.61 Å². The van der Waals surface area contributed by atoms with E-state index < -0.39 is 17.4 Å². The number of hydrogen-bond acceptors (Lipinski definition) is 3. The van der Waals surface area contributed by atoms with Gasteiger partial charge in [0, 0.05) is 17.6 Å². The summed E-state index contributed by atoms with van der Waals surface area (Å²) in [5.41, 5.74) is -0.693. The predicted molar refractivity (Wildman–Crippen MR) is 176 cm³/mol. The second-order valence-corrected chi connectivity index (χ2v) is 13.1. The first-order valence-corrected chi connectivity index (χ1v) is 17.9. The van der Waals surface area contributed by atoms with Gasteiger partial charge in [-0.1, -0.05) is 179 Å². The van der Waals surface area contributed by atoms with Crippen molar-refractivity contribution < 1.29 is 24.9 Å². The highest BCUT2D eigenvalue weighted by atomic mass is 16.4. The highest BCUT2D eigenvalue weighted by Gasteiger charge is 2.34. The normalized spacial score (nSPS) is 26.1. The summed E-state index contributed by atoms with van der Waals surface area (Å²) in [7, 11) is 0. The molecule has 0 aliphatic heterocycles. The van der Waals surface area contributed by atoms with Gasteiger partial charge in [0.2, 0.25) is 0 Å². The molecule has 0 bridgehead atoms. The second kappa shape index (κ2) is 27.0. The first kappa shape index (κ1) is 38.4. The monoisotopic (exact) mass is 590 g/mol. The van der Waals surface area contributed by atoms with Crippen LogP contribution in [0.15, 0.2) is 24.3 Å². The van der Waals surface area contributed by atoms with Crippen molar-refractivity contribution in [2.24, 2.45) is 11.3 Å². The highest BCUT2D eigenvalue weighted by Crippen LogP contribution is 2.40. The van der Waals surface area contributed by atoms with Crippen molar-refractivity contribution in [2.45, 2.75) is 180 Å². The topological polar surface area (TPSA) is 94.8 Å². The third-order valence-corrected chi connectivity index (χ3v) is 9.47. The quantitative estimate of drug-likeness (QED) is 0.277. The Bertz CT molecular complexity index is 629. The third kappa shape index (κ3) is 21.1. The summed E-state index contributed by atoms with van der Waals surface area (Å²) >= 11 is 0. The molecule has 3 rings (SSSR count). The summed E-state index contributed by atoms with van der Waals surface area (Å²) in [4.78, 5) is 21.7. The molecule has 3 aliphatic carbocycles. The van der Waals surface area contributed by atoms with E-state index in [1.54, 1.807) is 12.2 Å². The molecule has 0 spiro atoms. The van der Waals surface area contributed by atoms with Gasteiger partial charge in [-0.05, 0) is 18.8 Å². The molecule has 2 atom stereocenters.